The Kier molecular flexibility index (Phi) is 13.5. The molecule has 0 saturated heterocycles. The standard InChI is InChI=1S/C26H46N2O2/c1-6-9-11-13-24(21(5)8-3)28-26(30)25(27-19-20(4)12-10-7-2)18-22-14-16-23(29)17-15-22/h14-17,20-21,24-25,27,29H,6-13,18-19H2,1-5H3,(H,28,30)/t20-,21?,24+,25-/m0/s1. The van der Waals surface area contributed by atoms with E-state index in [9.17, 15) is 9.90 Å². The molecule has 1 aromatic carbocycles. The molecule has 4 nitrogen and oxygen atoms in total. The zero-order valence-corrected chi connectivity index (χ0v) is 20.0. The van der Waals surface area contributed by atoms with Gasteiger partial charge in [0.1, 0.15) is 5.75 Å². The molecule has 1 aromatic rings. The highest BCUT2D eigenvalue weighted by Crippen LogP contribution is 2.17. The third kappa shape index (κ3) is 10.5. The van der Waals surface area contributed by atoms with Gasteiger partial charge in [0.2, 0.25) is 5.91 Å². The molecule has 0 aliphatic heterocycles. The van der Waals surface area contributed by atoms with E-state index >= 15 is 0 Å². The van der Waals surface area contributed by atoms with E-state index in [0.717, 1.165) is 31.4 Å². The summed E-state index contributed by atoms with van der Waals surface area (Å²) in [5, 5.41) is 16.5. The highest BCUT2D eigenvalue weighted by molar-refractivity contribution is 5.82. The maximum absolute atomic E-state index is 13.3. The maximum atomic E-state index is 13.3. The van der Waals surface area contributed by atoms with Gasteiger partial charge in [0, 0.05) is 6.04 Å². The Bertz CT molecular complexity index is 573. The molecule has 0 spiro atoms. The number of benzene rings is 1. The molecular weight excluding hydrogens is 372 g/mol. The third-order valence-electron chi connectivity index (χ3n) is 6.23. The minimum absolute atomic E-state index is 0.104. The van der Waals surface area contributed by atoms with Crippen LogP contribution in [-0.4, -0.2) is 29.6 Å². The summed E-state index contributed by atoms with van der Waals surface area (Å²) >= 11 is 0. The molecule has 0 bridgehead atoms. The summed E-state index contributed by atoms with van der Waals surface area (Å²) in [6.07, 6.45) is 9.94. The Balaban J connectivity index is 2.82. The average Bonchev–Trinajstić information content (AvgIpc) is 2.75. The molecule has 0 heterocycles. The first-order chi connectivity index (χ1) is 14.4. The van der Waals surface area contributed by atoms with Crippen molar-refractivity contribution >= 4 is 5.91 Å². The number of phenolic OH excluding ortho intramolecular Hbond substituents is 1. The first-order valence-electron chi connectivity index (χ1n) is 12.2. The molecule has 1 rings (SSSR count). The van der Waals surface area contributed by atoms with Crippen molar-refractivity contribution in [1.29, 1.82) is 0 Å². The number of phenols is 1. The number of unbranched alkanes of at least 4 members (excludes halogenated alkanes) is 3. The van der Waals surface area contributed by atoms with E-state index in [4.69, 9.17) is 0 Å². The fourth-order valence-electron chi connectivity index (χ4n) is 3.80. The van der Waals surface area contributed by atoms with Gasteiger partial charge in [-0.05, 0) is 55.3 Å². The Morgan fingerprint density at radius 3 is 2.23 bits per heavy atom. The monoisotopic (exact) mass is 418 g/mol. The number of hydrogen-bond donors (Lipinski definition) is 3. The minimum Gasteiger partial charge on any atom is -0.508 e. The lowest BCUT2D eigenvalue weighted by molar-refractivity contribution is -0.124. The van der Waals surface area contributed by atoms with Crippen LogP contribution in [-0.2, 0) is 11.2 Å². The molecule has 0 aliphatic rings. The zero-order chi connectivity index (χ0) is 22.4. The summed E-state index contributed by atoms with van der Waals surface area (Å²) < 4.78 is 0. The Labute approximate surface area is 185 Å². The molecule has 30 heavy (non-hydrogen) atoms. The van der Waals surface area contributed by atoms with Crippen LogP contribution in [0.4, 0.5) is 0 Å². The molecule has 0 radical (unpaired) electrons. The van der Waals surface area contributed by atoms with E-state index in [0.29, 0.717) is 18.3 Å². The van der Waals surface area contributed by atoms with Crippen LogP contribution >= 0.6 is 0 Å². The predicted molar refractivity (Wildman–Crippen MR) is 128 cm³/mol. The third-order valence-corrected chi connectivity index (χ3v) is 6.23. The number of nitrogens with one attached hydrogen (secondary N) is 2. The Morgan fingerprint density at radius 2 is 1.63 bits per heavy atom. The number of carbonyl (C=O) groups is 1. The second-order valence-corrected chi connectivity index (χ2v) is 9.08. The highest BCUT2D eigenvalue weighted by Gasteiger charge is 2.24. The topological polar surface area (TPSA) is 61.4 Å². The van der Waals surface area contributed by atoms with Crippen LogP contribution in [0.2, 0.25) is 0 Å². The van der Waals surface area contributed by atoms with E-state index in [2.05, 4.69) is 45.3 Å². The van der Waals surface area contributed by atoms with Gasteiger partial charge < -0.3 is 15.7 Å². The molecule has 4 atom stereocenters. The van der Waals surface area contributed by atoms with E-state index in [1.165, 1.54) is 32.1 Å². The van der Waals surface area contributed by atoms with Crippen molar-refractivity contribution in [1.82, 2.24) is 10.6 Å². The quantitative estimate of drug-likeness (QED) is 0.296. The zero-order valence-electron chi connectivity index (χ0n) is 20.0. The Hall–Kier alpha value is -1.55. The van der Waals surface area contributed by atoms with E-state index in [1.54, 1.807) is 12.1 Å². The van der Waals surface area contributed by atoms with Crippen molar-refractivity contribution in [3.05, 3.63) is 29.8 Å². The summed E-state index contributed by atoms with van der Waals surface area (Å²) in [6, 6.07) is 7.19. The van der Waals surface area contributed by atoms with Gasteiger partial charge in [-0.1, -0.05) is 85.3 Å². The molecule has 3 N–H and O–H groups in total. The van der Waals surface area contributed by atoms with Crippen molar-refractivity contribution in [3.63, 3.8) is 0 Å². The van der Waals surface area contributed by atoms with Crippen LogP contribution < -0.4 is 10.6 Å². The van der Waals surface area contributed by atoms with E-state index in [1.807, 2.05) is 12.1 Å². The summed E-state index contributed by atoms with van der Waals surface area (Å²) in [4.78, 5) is 13.3. The highest BCUT2D eigenvalue weighted by atomic mass is 16.3. The van der Waals surface area contributed by atoms with Gasteiger partial charge >= 0.3 is 0 Å². The number of rotatable bonds is 16. The fourth-order valence-corrected chi connectivity index (χ4v) is 3.80. The minimum atomic E-state index is -0.253. The number of carbonyl (C=O) groups excluding carboxylic acids is 1. The first kappa shape index (κ1) is 26.5. The molecule has 172 valence electrons. The van der Waals surface area contributed by atoms with E-state index < -0.39 is 0 Å². The van der Waals surface area contributed by atoms with Crippen LogP contribution in [0, 0.1) is 11.8 Å². The lowest BCUT2D eigenvalue weighted by Crippen LogP contribution is -2.51. The summed E-state index contributed by atoms with van der Waals surface area (Å²) in [5.41, 5.74) is 1.06. The normalized spacial score (nSPS) is 15.4. The first-order valence-corrected chi connectivity index (χ1v) is 12.2. The van der Waals surface area contributed by atoms with Crippen LogP contribution in [0.15, 0.2) is 24.3 Å². The van der Waals surface area contributed by atoms with Gasteiger partial charge in [-0.15, -0.1) is 0 Å². The predicted octanol–water partition coefficient (Wildman–Crippen LogP) is 5.83. The molecule has 0 aromatic heterocycles. The van der Waals surface area contributed by atoms with E-state index in [-0.39, 0.29) is 23.7 Å². The second kappa shape index (κ2) is 15.3. The van der Waals surface area contributed by atoms with Crippen molar-refractivity contribution in [2.45, 2.75) is 104 Å². The van der Waals surface area contributed by atoms with Crippen molar-refractivity contribution in [3.8, 4) is 5.75 Å². The second-order valence-electron chi connectivity index (χ2n) is 9.08. The van der Waals surface area contributed by atoms with Crippen molar-refractivity contribution < 1.29 is 9.90 Å². The molecule has 1 unspecified atom stereocenters. The van der Waals surface area contributed by atoms with Gasteiger partial charge in [-0.3, -0.25) is 4.79 Å². The summed E-state index contributed by atoms with van der Waals surface area (Å²) in [7, 11) is 0. The lowest BCUT2D eigenvalue weighted by Gasteiger charge is -2.28. The summed E-state index contributed by atoms with van der Waals surface area (Å²) in [6.45, 7) is 12.0. The largest absolute Gasteiger partial charge is 0.508 e. The van der Waals surface area contributed by atoms with Crippen molar-refractivity contribution in [2.75, 3.05) is 6.54 Å². The van der Waals surface area contributed by atoms with Gasteiger partial charge in [0.15, 0.2) is 0 Å². The summed E-state index contributed by atoms with van der Waals surface area (Å²) in [5.74, 6) is 1.39. The van der Waals surface area contributed by atoms with Crippen LogP contribution in [0.1, 0.15) is 91.5 Å². The van der Waals surface area contributed by atoms with Gasteiger partial charge in [0.05, 0.1) is 6.04 Å². The molecule has 0 saturated carbocycles. The molecule has 0 fully saturated rings. The van der Waals surface area contributed by atoms with Gasteiger partial charge in [0.25, 0.3) is 0 Å². The molecule has 4 heteroatoms. The van der Waals surface area contributed by atoms with Gasteiger partial charge in [-0.25, -0.2) is 0 Å². The number of amides is 1. The average molecular weight is 419 g/mol. The van der Waals surface area contributed by atoms with Gasteiger partial charge in [-0.2, -0.15) is 0 Å². The maximum Gasteiger partial charge on any atom is 0.237 e. The number of hydrogen-bond acceptors (Lipinski definition) is 3. The van der Waals surface area contributed by atoms with Crippen LogP contribution in [0.3, 0.4) is 0 Å². The van der Waals surface area contributed by atoms with Crippen LogP contribution in [0.5, 0.6) is 5.75 Å². The van der Waals surface area contributed by atoms with Crippen LogP contribution in [0.25, 0.3) is 0 Å². The molecule has 0 aliphatic carbocycles. The van der Waals surface area contributed by atoms with Crippen molar-refractivity contribution in [2.24, 2.45) is 11.8 Å². The smallest absolute Gasteiger partial charge is 0.237 e. The Morgan fingerprint density at radius 1 is 0.967 bits per heavy atom. The fraction of sp³-hybridized carbons (Fsp3) is 0.731. The lowest BCUT2D eigenvalue weighted by atomic mass is 9.93. The molecular formula is C26H46N2O2. The molecule has 1 amide bonds. The SMILES string of the molecule is CCCCC[C@@H](NC(=O)[C@H](Cc1ccc(O)cc1)NC[C@@H](C)CCCC)C(C)CC. The number of aromatic hydroxyl groups is 1.